The smallest absolute Gasteiger partial charge is 0.325 e. The monoisotopic (exact) mass is 490 g/mol. The number of aromatic nitrogens is 1. The van der Waals surface area contributed by atoms with Gasteiger partial charge in [-0.1, -0.05) is 29.0 Å². The Hall–Kier alpha value is -2.98. The summed E-state index contributed by atoms with van der Waals surface area (Å²) in [5, 5.41) is 0. The lowest BCUT2D eigenvalue weighted by Gasteiger charge is -2.05. The largest absolute Gasteiger partial charge is 0.494 e. The van der Waals surface area contributed by atoms with Gasteiger partial charge in [-0.25, -0.2) is 8.42 Å². The van der Waals surface area contributed by atoms with Gasteiger partial charge in [0.1, 0.15) is 12.3 Å². The van der Waals surface area contributed by atoms with Crippen LogP contribution in [0.4, 0.5) is 0 Å². The maximum Gasteiger partial charge on any atom is 0.325 e. The molecule has 0 fully saturated rings. The van der Waals surface area contributed by atoms with Gasteiger partial charge < -0.3 is 14.0 Å². The Morgan fingerprint density at radius 3 is 2.52 bits per heavy atom. The Labute approximate surface area is 196 Å². The van der Waals surface area contributed by atoms with Crippen LogP contribution in [0.25, 0.3) is 10.2 Å². The fraction of sp³-hybridized carbons (Fsp3) is 0.348. The van der Waals surface area contributed by atoms with Crippen LogP contribution in [-0.2, 0) is 30.7 Å². The average molecular weight is 491 g/mol. The van der Waals surface area contributed by atoms with Crippen LogP contribution in [0.15, 0.2) is 52.4 Å². The minimum atomic E-state index is -3.48. The lowest BCUT2D eigenvalue weighted by atomic mass is 10.2. The number of carbonyl (C=O) groups is 2. The number of aryl methyl sites for hydroxylation is 1. The minimum absolute atomic E-state index is 0.0260. The van der Waals surface area contributed by atoms with Crippen LogP contribution in [-0.4, -0.2) is 44.3 Å². The Kier molecular flexibility index (Phi) is 8.04. The van der Waals surface area contributed by atoms with Crippen LogP contribution in [0.1, 0.15) is 25.3 Å². The molecule has 2 aromatic carbocycles. The Morgan fingerprint density at radius 1 is 1.12 bits per heavy atom. The van der Waals surface area contributed by atoms with Gasteiger partial charge in [0.05, 0.1) is 34.6 Å². The zero-order valence-electron chi connectivity index (χ0n) is 18.7. The Morgan fingerprint density at radius 2 is 1.85 bits per heavy atom. The van der Waals surface area contributed by atoms with Crippen molar-refractivity contribution in [3.05, 3.63) is 52.8 Å². The highest BCUT2D eigenvalue weighted by Gasteiger charge is 2.16. The summed E-state index contributed by atoms with van der Waals surface area (Å²) in [4.78, 5) is 29.2. The minimum Gasteiger partial charge on any atom is -0.494 e. The van der Waals surface area contributed by atoms with E-state index in [0.29, 0.717) is 17.2 Å². The molecule has 3 aromatic rings. The molecule has 1 heterocycles. The van der Waals surface area contributed by atoms with Gasteiger partial charge in [0, 0.05) is 6.42 Å². The molecule has 0 aliphatic heterocycles. The van der Waals surface area contributed by atoms with E-state index in [0.717, 1.165) is 15.8 Å². The van der Waals surface area contributed by atoms with Gasteiger partial charge in [0.2, 0.25) is 5.91 Å². The van der Waals surface area contributed by atoms with E-state index < -0.39 is 21.7 Å². The summed E-state index contributed by atoms with van der Waals surface area (Å²) in [5.41, 5.74) is 1.70. The molecule has 8 nitrogen and oxygen atoms in total. The fourth-order valence-electron chi connectivity index (χ4n) is 3.18. The van der Waals surface area contributed by atoms with E-state index in [1.54, 1.807) is 41.0 Å². The maximum absolute atomic E-state index is 12.5. The molecule has 0 aliphatic carbocycles. The first-order chi connectivity index (χ1) is 15.7. The van der Waals surface area contributed by atoms with Crippen molar-refractivity contribution in [2.75, 3.05) is 19.5 Å². The van der Waals surface area contributed by atoms with E-state index in [2.05, 4.69) is 4.99 Å². The van der Waals surface area contributed by atoms with Gasteiger partial charge in [-0.2, -0.15) is 4.99 Å². The zero-order valence-corrected chi connectivity index (χ0v) is 20.4. The molecule has 0 unspecified atom stereocenters. The van der Waals surface area contributed by atoms with E-state index in [1.807, 2.05) is 19.9 Å². The molecule has 0 saturated carbocycles. The lowest BCUT2D eigenvalue weighted by Crippen LogP contribution is -2.22. The van der Waals surface area contributed by atoms with Gasteiger partial charge in [0.15, 0.2) is 14.6 Å². The predicted octanol–water partition coefficient (Wildman–Crippen LogP) is 3.26. The van der Waals surface area contributed by atoms with Crippen molar-refractivity contribution in [1.29, 1.82) is 0 Å². The molecule has 0 radical (unpaired) electrons. The van der Waals surface area contributed by atoms with Crippen molar-refractivity contribution in [2.45, 2.75) is 38.1 Å². The second-order valence-corrected chi connectivity index (χ2v) is 10.5. The number of ether oxygens (including phenoxy) is 2. The summed E-state index contributed by atoms with van der Waals surface area (Å²) in [6, 6.07) is 12.0. The number of esters is 1. The quantitative estimate of drug-likeness (QED) is 0.427. The third-order valence-corrected chi connectivity index (χ3v) is 7.74. The van der Waals surface area contributed by atoms with Crippen molar-refractivity contribution < 1.29 is 27.5 Å². The average Bonchev–Trinajstić information content (AvgIpc) is 3.10. The van der Waals surface area contributed by atoms with Crippen molar-refractivity contribution in [3.63, 3.8) is 0 Å². The standard InChI is InChI=1S/C23H26N2O6S2/c1-4-31-17-9-12-19-20(14-17)32-23(25(19)15-22(27)30-3)24-21(26)6-5-13-33(28,29)18-10-7-16(2)8-11-18/h7-12,14H,4-6,13,15H2,1-3H3. The third kappa shape index (κ3) is 6.29. The molecule has 1 aromatic heterocycles. The highest BCUT2D eigenvalue weighted by atomic mass is 32.2. The number of nitrogens with zero attached hydrogens (tertiary/aromatic N) is 2. The van der Waals surface area contributed by atoms with E-state index in [4.69, 9.17) is 9.47 Å². The number of hydrogen-bond donors (Lipinski definition) is 0. The summed E-state index contributed by atoms with van der Waals surface area (Å²) in [5.74, 6) is -0.398. The van der Waals surface area contributed by atoms with Crippen LogP contribution in [0, 0.1) is 6.92 Å². The number of benzene rings is 2. The van der Waals surface area contributed by atoms with Gasteiger partial charge in [-0.3, -0.25) is 9.59 Å². The fourth-order valence-corrected chi connectivity index (χ4v) is 5.57. The van der Waals surface area contributed by atoms with Gasteiger partial charge in [0.25, 0.3) is 0 Å². The van der Waals surface area contributed by atoms with Crippen LogP contribution in [0.5, 0.6) is 5.75 Å². The molecule has 0 atom stereocenters. The van der Waals surface area contributed by atoms with E-state index in [-0.39, 0.29) is 30.0 Å². The number of carbonyl (C=O) groups excluding carboxylic acids is 2. The number of hydrogen-bond acceptors (Lipinski definition) is 7. The van der Waals surface area contributed by atoms with E-state index in [9.17, 15) is 18.0 Å². The molecule has 0 saturated heterocycles. The lowest BCUT2D eigenvalue weighted by molar-refractivity contribution is -0.141. The molecule has 10 heteroatoms. The van der Waals surface area contributed by atoms with Gasteiger partial charge >= 0.3 is 5.97 Å². The maximum atomic E-state index is 12.5. The first-order valence-corrected chi connectivity index (χ1v) is 12.9. The van der Waals surface area contributed by atoms with Crippen molar-refractivity contribution >= 4 is 43.3 Å². The first kappa shape index (κ1) is 24.7. The predicted molar refractivity (Wildman–Crippen MR) is 126 cm³/mol. The number of sulfone groups is 1. The zero-order chi connectivity index (χ0) is 24.0. The molecule has 0 bridgehead atoms. The van der Waals surface area contributed by atoms with Crippen LogP contribution >= 0.6 is 11.3 Å². The molecule has 0 spiro atoms. The van der Waals surface area contributed by atoms with Gasteiger partial charge in [-0.05, 0) is 50.6 Å². The summed E-state index contributed by atoms with van der Waals surface area (Å²) in [6.07, 6.45) is 0.122. The van der Waals surface area contributed by atoms with Crippen molar-refractivity contribution in [1.82, 2.24) is 4.57 Å². The second-order valence-electron chi connectivity index (χ2n) is 7.35. The molecule has 0 N–H and O–H groups in total. The molecule has 1 amide bonds. The van der Waals surface area contributed by atoms with Crippen molar-refractivity contribution in [3.8, 4) is 5.75 Å². The third-order valence-electron chi connectivity index (χ3n) is 4.88. The number of rotatable bonds is 9. The number of thiazole rings is 1. The topological polar surface area (TPSA) is 104 Å². The number of amides is 1. The molecular weight excluding hydrogens is 464 g/mol. The molecule has 0 aliphatic rings. The highest BCUT2D eigenvalue weighted by Crippen LogP contribution is 2.23. The SMILES string of the molecule is CCOc1ccc2c(c1)sc(=NC(=O)CCCS(=O)(=O)c1ccc(C)cc1)n2CC(=O)OC. The van der Waals surface area contributed by atoms with Crippen LogP contribution in [0.2, 0.25) is 0 Å². The van der Waals surface area contributed by atoms with E-state index in [1.165, 1.54) is 18.4 Å². The normalized spacial score (nSPS) is 12.2. The van der Waals surface area contributed by atoms with Crippen molar-refractivity contribution in [2.24, 2.45) is 4.99 Å². The molecule has 176 valence electrons. The highest BCUT2D eigenvalue weighted by molar-refractivity contribution is 7.91. The summed E-state index contributed by atoms with van der Waals surface area (Å²) < 4.78 is 37.7. The van der Waals surface area contributed by atoms with Crippen LogP contribution < -0.4 is 9.54 Å². The molecule has 33 heavy (non-hydrogen) atoms. The number of fused-ring (bicyclic) bond motifs is 1. The van der Waals surface area contributed by atoms with Crippen LogP contribution in [0.3, 0.4) is 0 Å². The summed E-state index contributed by atoms with van der Waals surface area (Å²) in [6.45, 7) is 4.18. The Bertz CT molecular complexity index is 1320. The molecular formula is C23H26N2O6S2. The van der Waals surface area contributed by atoms with E-state index >= 15 is 0 Å². The second kappa shape index (κ2) is 10.8. The molecule has 3 rings (SSSR count). The van der Waals surface area contributed by atoms with Gasteiger partial charge in [-0.15, -0.1) is 0 Å². The first-order valence-electron chi connectivity index (χ1n) is 10.4. The summed E-state index contributed by atoms with van der Waals surface area (Å²) >= 11 is 1.25. The Balaban J connectivity index is 1.80. The summed E-state index contributed by atoms with van der Waals surface area (Å²) in [7, 11) is -2.18. The number of methoxy groups -OCH3 is 1.